The first kappa shape index (κ1) is 26.9. The summed E-state index contributed by atoms with van der Waals surface area (Å²) in [7, 11) is -3.43. The van der Waals surface area contributed by atoms with Crippen molar-refractivity contribution in [3.8, 4) is 11.8 Å². The fourth-order valence-electron chi connectivity index (χ4n) is 4.45. The van der Waals surface area contributed by atoms with Crippen LogP contribution in [0.4, 0.5) is 0 Å². The highest BCUT2D eigenvalue weighted by molar-refractivity contribution is 6.84. The molecule has 0 aliphatic carbocycles. The van der Waals surface area contributed by atoms with Crippen molar-refractivity contribution in [2.24, 2.45) is 0 Å². The number of hydrogen-bond acceptors (Lipinski definition) is 2. The predicted octanol–water partition coefficient (Wildman–Crippen LogP) is 7.15. The van der Waals surface area contributed by atoms with Crippen LogP contribution in [-0.2, 0) is 4.43 Å². The van der Waals surface area contributed by atoms with Crippen LogP contribution in [0.1, 0.15) is 88.0 Å². The van der Waals surface area contributed by atoms with Gasteiger partial charge in [-0.2, -0.15) is 0 Å². The second-order valence-corrected chi connectivity index (χ2v) is 21.5. The van der Waals surface area contributed by atoms with E-state index in [1.165, 1.54) is 0 Å². The highest BCUT2D eigenvalue weighted by Crippen LogP contribution is 2.44. The molecule has 4 heteroatoms. The Hall–Kier alpha value is -0.0862. The Morgan fingerprint density at radius 1 is 0.852 bits per heavy atom. The minimum atomic E-state index is -1.81. The largest absolute Gasteiger partial charge is 0.417 e. The van der Waals surface area contributed by atoms with Crippen LogP contribution in [0.5, 0.6) is 0 Å². The fraction of sp³-hybridized carbons (Fsp3) is 0.913. The molecule has 1 unspecified atom stereocenters. The number of rotatable bonds is 10. The van der Waals surface area contributed by atoms with Crippen LogP contribution in [0, 0.1) is 11.8 Å². The molecule has 0 radical (unpaired) electrons. The average Bonchev–Trinajstić information content (AvgIpc) is 2.47. The van der Waals surface area contributed by atoms with Crippen molar-refractivity contribution >= 4 is 16.4 Å². The van der Waals surface area contributed by atoms with E-state index in [1.54, 1.807) is 0 Å². The maximum absolute atomic E-state index is 11.0. The zero-order valence-corrected chi connectivity index (χ0v) is 22.2. The van der Waals surface area contributed by atoms with Crippen LogP contribution in [0.25, 0.3) is 0 Å². The lowest BCUT2D eigenvalue weighted by Gasteiger charge is -2.46. The van der Waals surface area contributed by atoms with Crippen molar-refractivity contribution < 1.29 is 9.53 Å². The number of aliphatic hydroxyl groups excluding tert-OH is 1. The van der Waals surface area contributed by atoms with E-state index >= 15 is 0 Å². The minimum Gasteiger partial charge on any atom is -0.417 e. The van der Waals surface area contributed by atoms with Crippen molar-refractivity contribution in [1.82, 2.24) is 0 Å². The zero-order chi connectivity index (χ0) is 21.5. The molecule has 0 aliphatic heterocycles. The van der Waals surface area contributed by atoms with E-state index in [0.717, 1.165) is 25.9 Å². The maximum atomic E-state index is 11.0. The topological polar surface area (TPSA) is 29.5 Å². The van der Waals surface area contributed by atoms with Crippen molar-refractivity contribution in [1.29, 1.82) is 0 Å². The molecule has 0 rings (SSSR count). The number of aliphatic hydroxyl groups is 1. The summed E-state index contributed by atoms with van der Waals surface area (Å²) in [5.74, 6) is 6.59. The molecule has 0 saturated heterocycles. The van der Waals surface area contributed by atoms with Gasteiger partial charge in [0.1, 0.15) is 0 Å². The third-order valence-corrected chi connectivity index (χ3v) is 18.9. The summed E-state index contributed by atoms with van der Waals surface area (Å²) in [6.07, 6.45) is 3.71. The van der Waals surface area contributed by atoms with E-state index in [-0.39, 0.29) is 10.8 Å². The normalized spacial score (nSPS) is 14.6. The summed E-state index contributed by atoms with van der Waals surface area (Å²) in [6, 6.07) is 0. The first-order chi connectivity index (χ1) is 12.2. The molecule has 0 amide bonds. The molecule has 1 atom stereocenters. The molecule has 0 aliphatic rings. The van der Waals surface area contributed by atoms with E-state index in [1.807, 2.05) is 0 Å². The van der Waals surface area contributed by atoms with E-state index in [0.29, 0.717) is 23.0 Å². The molecule has 0 heterocycles. The lowest BCUT2D eigenvalue weighted by atomic mass is 10.2. The Balaban J connectivity index is 4.47. The molecular formula is C23H48O2Si2. The summed E-state index contributed by atoms with van der Waals surface area (Å²) in [5.41, 5.74) is 1.48. The van der Waals surface area contributed by atoms with Crippen LogP contribution >= 0.6 is 0 Å². The molecule has 27 heavy (non-hydrogen) atoms. The van der Waals surface area contributed by atoms with Gasteiger partial charge in [0.15, 0.2) is 8.32 Å². The summed E-state index contributed by atoms with van der Waals surface area (Å²) in [5, 5.41) is 11.3. The Labute approximate surface area is 173 Å². The third-order valence-electron chi connectivity index (χ3n) is 6.96. The first-order valence-electron chi connectivity index (χ1n) is 11.0. The molecule has 0 bridgehead atoms. The van der Waals surface area contributed by atoms with Crippen LogP contribution in [-0.4, -0.2) is 33.8 Å². The molecule has 0 saturated carbocycles. The van der Waals surface area contributed by atoms with Gasteiger partial charge in [-0.3, -0.25) is 0 Å². The van der Waals surface area contributed by atoms with E-state index in [4.69, 9.17) is 4.43 Å². The predicted molar refractivity (Wildman–Crippen MR) is 126 cm³/mol. The maximum Gasteiger partial charge on any atom is 0.191 e. The van der Waals surface area contributed by atoms with Gasteiger partial charge in [0.2, 0.25) is 0 Å². The highest BCUT2D eigenvalue weighted by atomic mass is 28.4. The lowest BCUT2D eigenvalue weighted by Crippen LogP contribution is -2.55. The molecule has 0 fully saturated rings. The van der Waals surface area contributed by atoms with Crippen molar-refractivity contribution in [3.63, 3.8) is 0 Å². The van der Waals surface area contributed by atoms with Crippen LogP contribution in [0.3, 0.4) is 0 Å². The Morgan fingerprint density at radius 2 is 1.33 bits per heavy atom. The Morgan fingerprint density at radius 3 is 1.74 bits per heavy atom. The van der Waals surface area contributed by atoms with Gasteiger partial charge in [0, 0.05) is 19.4 Å². The lowest BCUT2D eigenvalue weighted by molar-refractivity contribution is 0.240. The standard InChI is InChI=1S/C23H48O2Si2/c1-19(2)27(20(3)4,21(5)6)22(24)17-15-13-12-14-16-18-25-26(10,11)23(7,8)9/h19-22,24H,12,14,16-18H2,1-11H3. The Bertz CT molecular complexity index is 457. The van der Waals surface area contributed by atoms with Gasteiger partial charge in [-0.25, -0.2) is 0 Å². The van der Waals surface area contributed by atoms with Gasteiger partial charge in [-0.15, -0.1) is 11.8 Å². The summed E-state index contributed by atoms with van der Waals surface area (Å²) >= 11 is 0. The average molecular weight is 413 g/mol. The second kappa shape index (κ2) is 11.2. The smallest absolute Gasteiger partial charge is 0.191 e. The number of unbranched alkanes of at least 4 members (excludes halogenated alkanes) is 2. The summed E-state index contributed by atoms with van der Waals surface area (Å²) < 4.78 is 6.22. The molecule has 160 valence electrons. The highest BCUT2D eigenvalue weighted by Gasteiger charge is 2.48. The van der Waals surface area contributed by atoms with Crippen molar-refractivity contribution in [2.45, 2.75) is 128 Å². The molecule has 0 aromatic heterocycles. The fourth-order valence-corrected chi connectivity index (χ4v) is 12.3. The van der Waals surface area contributed by atoms with E-state index < -0.39 is 16.4 Å². The van der Waals surface area contributed by atoms with Gasteiger partial charge in [0.05, 0.1) is 13.8 Å². The Kier molecular flexibility index (Phi) is 11.2. The van der Waals surface area contributed by atoms with E-state index in [9.17, 15) is 5.11 Å². The SMILES string of the molecule is CC(C)[Si](C(C)C)(C(C)C)C(O)CC#CCCCCO[Si](C)(C)C(C)(C)C. The molecular weight excluding hydrogens is 364 g/mol. The van der Waals surface area contributed by atoms with Gasteiger partial charge in [-0.05, 0) is 47.6 Å². The van der Waals surface area contributed by atoms with E-state index in [2.05, 4.69) is 87.2 Å². The molecule has 0 aromatic carbocycles. The quantitative estimate of drug-likeness (QED) is 0.234. The summed E-state index contributed by atoms with van der Waals surface area (Å²) in [6.45, 7) is 26.1. The molecule has 2 nitrogen and oxygen atoms in total. The second-order valence-electron chi connectivity index (χ2n) is 10.6. The summed E-state index contributed by atoms with van der Waals surface area (Å²) in [4.78, 5) is 0. The van der Waals surface area contributed by atoms with Crippen LogP contribution in [0.2, 0.25) is 34.8 Å². The molecule has 1 N–H and O–H groups in total. The van der Waals surface area contributed by atoms with Gasteiger partial charge in [0.25, 0.3) is 0 Å². The van der Waals surface area contributed by atoms with Gasteiger partial charge >= 0.3 is 0 Å². The molecule has 0 spiro atoms. The van der Waals surface area contributed by atoms with Crippen molar-refractivity contribution in [3.05, 3.63) is 0 Å². The van der Waals surface area contributed by atoms with Crippen molar-refractivity contribution in [2.75, 3.05) is 6.61 Å². The van der Waals surface area contributed by atoms with Crippen LogP contribution in [0.15, 0.2) is 0 Å². The third kappa shape index (κ3) is 7.35. The van der Waals surface area contributed by atoms with Crippen LogP contribution < -0.4 is 0 Å². The van der Waals surface area contributed by atoms with Gasteiger partial charge < -0.3 is 9.53 Å². The molecule has 0 aromatic rings. The number of hydrogen-bond donors (Lipinski definition) is 1. The minimum absolute atomic E-state index is 0.230. The first-order valence-corrected chi connectivity index (χ1v) is 16.2. The zero-order valence-electron chi connectivity index (χ0n) is 20.2. The monoisotopic (exact) mass is 412 g/mol. The van der Waals surface area contributed by atoms with Gasteiger partial charge in [-0.1, -0.05) is 62.3 Å².